The number of hydrogen-bond donors (Lipinski definition) is 1. The average molecular weight is 186 g/mol. The van der Waals surface area contributed by atoms with Crippen molar-refractivity contribution in [3.05, 3.63) is 60.3 Å². The van der Waals surface area contributed by atoms with E-state index in [1.165, 1.54) is 6.20 Å². The van der Waals surface area contributed by atoms with Crippen molar-refractivity contribution in [3.63, 3.8) is 0 Å². The molecule has 3 nitrogen and oxygen atoms in total. The predicted octanol–water partition coefficient (Wildman–Crippen LogP) is 2.17. The second-order valence-corrected chi connectivity index (χ2v) is 2.87. The highest BCUT2D eigenvalue weighted by Crippen LogP contribution is 2.06. The van der Waals surface area contributed by atoms with E-state index in [4.69, 9.17) is 0 Å². The maximum Gasteiger partial charge on any atom is 0.0933 e. The van der Waals surface area contributed by atoms with Gasteiger partial charge in [0.15, 0.2) is 0 Å². The highest BCUT2D eigenvalue weighted by molar-refractivity contribution is 6.08. The summed E-state index contributed by atoms with van der Waals surface area (Å²) in [5.41, 5.74) is 1.71. The van der Waals surface area contributed by atoms with Crippen molar-refractivity contribution >= 4 is 5.71 Å². The summed E-state index contributed by atoms with van der Waals surface area (Å²) in [7, 11) is 0. The number of hydrogen-bond acceptors (Lipinski definition) is 3. The fraction of sp³-hybridized carbons (Fsp3) is 0. The van der Waals surface area contributed by atoms with Crippen LogP contribution < -0.4 is 0 Å². The van der Waals surface area contributed by atoms with Crippen LogP contribution in [0.15, 0.2) is 59.9 Å². The monoisotopic (exact) mass is 186 g/mol. The summed E-state index contributed by atoms with van der Waals surface area (Å²) < 4.78 is 0. The lowest BCUT2D eigenvalue weighted by atomic mass is 10.1. The summed E-state index contributed by atoms with van der Waals surface area (Å²) in [5, 5.41) is 14.0. The summed E-state index contributed by atoms with van der Waals surface area (Å²) in [6, 6.07) is 9.71. The Balaban J connectivity index is 2.35. The SMILES string of the molecule is ON1C=CC=CC(c2ccccc2)=N1. The number of nitrogens with zero attached hydrogens (tertiary/aromatic N) is 2. The van der Waals surface area contributed by atoms with Gasteiger partial charge in [-0.25, -0.2) is 0 Å². The molecule has 0 fully saturated rings. The molecule has 0 spiro atoms. The van der Waals surface area contributed by atoms with Gasteiger partial charge in [0.05, 0.1) is 11.9 Å². The van der Waals surface area contributed by atoms with Crippen molar-refractivity contribution in [2.45, 2.75) is 0 Å². The molecule has 1 N–H and O–H groups in total. The highest BCUT2D eigenvalue weighted by atomic mass is 16.5. The van der Waals surface area contributed by atoms with Crippen LogP contribution in [0.1, 0.15) is 5.56 Å². The van der Waals surface area contributed by atoms with E-state index < -0.39 is 0 Å². The van der Waals surface area contributed by atoms with Crippen molar-refractivity contribution in [3.8, 4) is 0 Å². The van der Waals surface area contributed by atoms with E-state index in [0.29, 0.717) is 0 Å². The minimum atomic E-state index is 0.734. The van der Waals surface area contributed by atoms with Gasteiger partial charge in [0.1, 0.15) is 0 Å². The molecule has 0 saturated carbocycles. The first-order valence-electron chi connectivity index (χ1n) is 4.33. The Labute approximate surface area is 82.2 Å². The lowest BCUT2D eigenvalue weighted by Crippen LogP contribution is -2.06. The van der Waals surface area contributed by atoms with Crippen LogP contribution in [0.4, 0.5) is 0 Å². The Hall–Kier alpha value is -1.87. The topological polar surface area (TPSA) is 35.8 Å². The average Bonchev–Trinajstić information content (AvgIpc) is 2.44. The molecule has 3 heteroatoms. The minimum Gasteiger partial charge on any atom is -0.268 e. The predicted molar refractivity (Wildman–Crippen MR) is 54.9 cm³/mol. The van der Waals surface area contributed by atoms with Crippen molar-refractivity contribution < 1.29 is 5.21 Å². The van der Waals surface area contributed by atoms with Crippen molar-refractivity contribution in [2.75, 3.05) is 0 Å². The van der Waals surface area contributed by atoms with Crippen molar-refractivity contribution in [2.24, 2.45) is 5.10 Å². The normalized spacial score (nSPS) is 15.2. The summed E-state index contributed by atoms with van der Waals surface area (Å²) in [4.78, 5) is 0. The molecule has 0 bridgehead atoms. The van der Waals surface area contributed by atoms with E-state index in [2.05, 4.69) is 5.10 Å². The zero-order valence-corrected chi connectivity index (χ0v) is 7.54. The molecule has 0 unspecified atom stereocenters. The molecule has 0 radical (unpaired) electrons. The molecular weight excluding hydrogens is 176 g/mol. The molecule has 1 aliphatic rings. The first-order chi connectivity index (χ1) is 6.86. The Morgan fingerprint density at radius 1 is 1.07 bits per heavy atom. The van der Waals surface area contributed by atoms with Gasteiger partial charge in [0.2, 0.25) is 0 Å². The van der Waals surface area contributed by atoms with E-state index in [1.807, 2.05) is 42.5 Å². The molecule has 0 atom stereocenters. The zero-order valence-electron chi connectivity index (χ0n) is 7.54. The van der Waals surface area contributed by atoms with Gasteiger partial charge >= 0.3 is 0 Å². The molecule has 0 aromatic heterocycles. The highest BCUT2D eigenvalue weighted by Gasteiger charge is 2.01. The summed E-state index contributed by atoms with van der Waals surface area (Å²) in [5.74, 6) is 0. The van der Waals surface area contributed by atoms with Crippen LogP contribution in [0.25, 0.3) is 0 Å². The molecule has 0 saturated heterocycles. The van der Waals surface area contributed by atoms with Crippen LogP contribution in [-0.4, -0.2) is 16.1 Å². The van der Waals surface area contributed by atoms with Crippen molar-refractivity contribution in [1.82, 2.24) is 5.17 Å². The lowest BCUT2D eigenvalue weighted by molar-refractivity contribution is -0.0381. The van der Waals surface area contributed by atoms with Crippen LogP contribution in [0, 0.1) is 0 Å². The molecule has 0 amide bonds. The third-order valence-corrected chi connectivity index (χ3v) is 1.86. The van der Waals surface area contributed by atoms with Gasteiger partial charge in [-0.05, 0) is 12.2 Å². The first-order valence-corrected chi connectivity index (χ1v) is 4.33. The number of hydroxylamine groups is 1. The number of allylic oxidation sites excluding steroid dienone is 3. The third-order valence-electron chi connectivity index (χ3n) is 1.86. The molecule has 1 heterocycles. The standard InChI is InChI=1S/C11H10N2O/c14-13-9-5-4-8-11(12-13)10-6-2-1-3-7-10/h1-9,14H. The van der Waals surface area contributed by atoms with Crippen LogP contribution in [0.3, 0.4) is 0 Å². The zero-order chi connectivity index (χ0) is 9.80. The maximum atomic E-state index is 9.24. The van der Waals surface area contributed by atoms with Gasteiger partial charge in [-0.15, -0.1) is 10.3 Å². The quantitative estimate of drug-likeness (QED) is 0.729. The van der Waals surface area contributed by atoms with E-state index in [0.717, 1.165) is 16.4 Å². The number of hydrazone groups is 1. The van der Waals surface area contributed by atoms with Crippen LogP contribution in [-0.2, 0) is 0 Å². The Morgan fingerprint density at radius 2 is 1.86 bits per heavy atom. The van der Waals surface area contributed by atoms with Crippen LogP contribution in [0.2, 0.25) is 0 Å². The second kappa shape index (κ2) is 3.89. The second-order valence-electron chi connectivity index (χ2n) is 2.87. The van der Waals surface area contributed by atoms with Crippen LogP contribution >= 0.6 is 0 Å². The van der Waals surface area contributed by atoms with Crippen LogP contribution in [0.5, 0.6) is 0 Å². The van der Waals surface area contributed by atoms with E-state index >= 15 is 0 Å². The number of rotatable bonds is 1. The maximum absolute atomic E-state index is 9.24. The molecule has 14 heavy (non-hydrogen) atoms. The Morgan fingerprint density at radius 3 is 2.64 bits per heavy atom. The summed E-state index contributed by atoms with van der Waals surface area (Å²) in [6.07, 6.45) is 6.88. The fourth-order valence-electron chi connectivity index (χ4n) is 1.21. The smallest absolute Gasteiger partial charge is 0.0933 e. The fourth-order valence-corrected chi connectivity index (χ4v) is 1.21. The molecule has 70 valence electrons. The molecule has 1 aromatic rings. The molecule has 2 rings (SSSR count). The van der Waals surface area contributed by atoms with Gasteiger partial charge in [-0.2, -0.15) is 0 Å². The Kier molecular flexibility index (Phi) is 2.42. The first kappa shape index (κ1) is 8.72. The lowest BCUT2D eigenvalue weighted by Gasteiger charge is -2.05. The largest absolute Gasteiger partial charge is 0.268 e. The summed E-state index contributed by atoms with van der Waals surface area (Å²) in [6.45, 7) is 0. The van der Waals surface area contributed by atoms with Gasteiger partial charge in [0, 0.05) is 5.56 Å². The summed E-state index contributed by atoms with van der Waals surface area (Å²) >= 11 is 0. The molecule has 1 aliphatic heterocycles. The van der Waals surface area contributed by atoms with Gasteiger partial charge in [-0.1, -0.05) is 36.4 Å². The minimum absolute atomic E-state index is 0.734. The van der Waals surface area contributed by atoms with Gasteiger partial charge in [-0.3, -0.25) is 5.21 Å². The molecule has 1 aromatic carbocycles. The van der Waals surface area contributed by atoms with Gasteiger partial charge < -0.3 is 0 Å². The Bertz CT molecular complexity index is 393. The van der Waals surface area contributed by atoms with Gasteiger partial charge in [0.25, 0.3) is 0 Å². The van der Waals surface area contributed by atoms with E-state index in [-0.39, 0.29) is 0 Å². The van der Waals surface area contributed by atoms with E-state index in [1.54, 1.807) is 6.08 Å². The molecular formula is C11H10N2O. The van der Waals surface area contributed by atoms with E-state index in [9.17, 15) is 5.21 Å². The third kappa shape index (κ3) is 1.89. The molecule has 0 aliphatic carbocycles. The van der Waals surface area contributed by atoms with Crippen molar-refractivity contribution in [1.29, 1.82) is 0 Å². The number of benzene rings is 1.